The number of nitrogens with one attached hydrogen (secondary N) is 1. The number of alkyl halides is 3. The number of hydrogen-bond donors (Lipinski definition) is 1. The third-order valence-corrected chi connectivity index (χ3v) is 3.91. The summed E-state index contributed by atoms with van der Waals surface area (Å²) in [4.78, 5) is 12.1. The van der Waals surface area contributed by atoms with Crippen molar-refractivity contribution >= 4 is 17.4 Å². The number of carbonyl (C=O) groups is 1. The van der Waals surface area contributed by atoms with Crippen LogP contribution in [0.5, 0.6) is 0 Å². The van der Waals surface area contributed by atoms with Crippen molar-refractivity contribution in [3.05, 3.63) is 34.6 Å². The van der Waals surface area contributed by atoms with Gasteiger partial charge in [-0.3, -0.25) is 4.79 Å². The van der Waals surface area contributed by atoms with Crippen molar-refractivity contribution in [2.45, 2.75) is 19.0 Å². The molecule has 1 fully saturated rings. The Morgan fingerprint density at radius 2 is 2.10 bits per heavy atom. The summed E-state index contributed by atoms with van der Waals surface area (Å²) in [5.74, 6) is -1.87. The summed E-state index contributed by atoms with van der Waals surface area (Å²) < 4.78 is 53.2. The largest absolute Gasteiger partial charge is 0.402 e. The zero-order valence-electron chi connectivity index (χ0n) is 10.4. The maximum atomic E-state index is 13.7. The number of hydrogen-bond acceptors (Lipinski definition) is 2. The molecule has 0 spiro atoms. The fourth-order valence-corrected chi connectivity index (χ4v) is 2.55. The molecule has 0 bridgehead atoms. The molecule has 2 nitrogen and oxygen atoms in total. The molecule has 0 saturated carbocycles. The monoisotopic (exact) mass is 309 g/mol. The van der Waals surface area contributed by atoms with E-state index in [1.54, 1.807) is 0 Å². The summed E-state index contributed by atoms with van der Waals surface area (Å²) in [6.07, 6.45) is -5.59. The minimum atomic E-state index is -4.65. The standard InChI is InChI=1S/C13H12ClF4NO/c14-9-3-1-2-8(11(9)15)6-10(20)12(13(16,17)18)4-5-19-7-12/h1-3,19H,4-7H2. The van der Waals surface area contributed by atoms with Gasteiger partial charge in [-0.15, -0.1) is 0 Å². The van der Waals surface area contributed by atoms with Gasteiger partial charge in [0.2, 0.25) is 0 Å². The summed E-state index contributed by atoms with van der Waals surface area (Å²) >= 11 is 5.56. The van der Waals surface area contributed by atoms with Gasteiger partial charge >= 0.3 is 6.18 Å². The zero-order chi connectivity index (χ0) is 15.0. The molecule has 1 heterocycles. The van der Waals surface area contributed by atoms with Gasteiger partial charge in [-0.1, -0.05) is 23.7 Å². The SMILES string of the molecule is O=C(Cc1cccc(Cl)c1F)C1(C(F)(F)F)CCNC1. The van der Waals surface area contributed by atoms with E-state index in [-0.39, 0.29) is 23.6 Å². The first-order valence-corrected chi connectivity index (χ1v) is 6.39. The summed E-state index contributed by atoms with van der Waals surface area (Å²) in [5.41, 5.74) is -2.54. The molecule has 1 unspecified atom stereocenters. The van der Waals surface area contributed by atoms with Gasteiger partial charge in [0.15, 0.2) is 5.78 Å². The van der Waals surface area contributed by atoms with E-state index in [0.717, 1.165) is 0 Å². The number of halogens is 5. The van der Waals surface area contributed by atoms with Crippen LogP contribution in [-0.4, -0.2) is 25.0 Å². The van der Waals surface area contributed by atoms with E-state index in [1.165, 1.54) is 18.2 Å². The van der Waals surface area contributed by atoms with Crippen LogP contribution >= 0.6 is 11.6 Å². The van der Waals surface area contributed by atoms with E-state index in [1.807, 2.05) is 0 Å². The van der Waals surface area contributed by atoms with Crippen LogP contribution in [0.2, 0.25) is 5.02 Å². The Balaban J connectivity index is 2.29. The summed E-state index contributed by atoms with van der Waals surface area (Å²) in [6, 6.07) is 3.95. The highest BCUT2D eigenvalue weighted by atomic mass is 35.5. The molecule has 20 heavy (non-hydrogen) atoms. The van der Waals surface area contributed by atoms with Crippen LogP contribution in [0.25, 0.3) is 0 Å². The van der Waals surface area contributed by atoms with Crippen LogP contribution in [-0.2, 0) is 11.2 Å². The molecule has 7 heteroatoms. The van der Waals surface area contributed by atoms with Gasteiger partial charge in [-0.05, 0) is 24.6 Å². The molecule has 2 rings (SSSR count). The molecule has 1 aromatic rings. The predicted molar refractivity (Wildman–Crippen MR) is 66.1 cm³/mol. The van der Waals surface area contributed by atoms with Crippen LogP contribution in [0.4, 0.5) is 17.6 Å². The van der Waals surface area contributed by atoms with Crippen molar-refractivity contribution < 1.29 is 22.4 Å². The Bertz CT molecular complexity index is 524. The van der Waals surface area contributed by atoms with Crippen molar-refractivity contribution in [3.8, 4) is 0 Å². The molecule has 1 aliphatic rings. The van der Waals surface area contributed by atoms with Gasteiger partial charge in [0.1, 0.15) is 11.2 Å². The smallest absolute Gasteiger partial charge is 0.315 e. The lowest BCUT2D eigenvalue weighted by Gasteiger charge is -2.29. The summed E-state index contributed by atoms with van der Waals surface area (Å²) in [5, 5.41) is 2.34. The number of ketones is 1. The number of carbonyl (C=O) groups excluding carboxylic acids is 1. The highest BCUT2D eigenvalue weighted by molar-refractivity contribution is 6.30. The van der Waals surface area contributed by atoms with Crippen LogP contribution < -0.4 is 5.32 Å². The summed E-state index contributed by atoms with van der Waals surface area (Å²) in [6.45, 7) is -0.346. The molecule has 1 atom stereocenters. The average molecular weight is 310 g/mol. The van der Waals surface area contributed by atoms with Crippen LogP contribution in [0.1, 0.15) is 12.0 Å². The Labute approximate surface area is 118 Å². The molecule has 0 amide bonds. The second-order valence-corrected chi connectivity index (χ2v) is 5.23. The lowest BCUT2D eigenvalue weighted by atomic mass is 9.79. The van der Waals surface area contributed by atoms with E-state index in [2.05, 4.69) is 5.32 Å². The van der Waals surface area contributed by atoms with Gasteiger partial charge in [-0.25, -0.2) is 4.39 Å². The molecule has 0 aliphatic carbocycles. The number of Topliss-reactive ketones (excluding diaryl/α,β-unsaturated/α-hetero) is 1. The highest BCUT2D eigenvalue weighted by Crippen LogP contribution is 2.44. The molecule has 1 N–H and O–H groups in total. The van der Waals surface area contributed by atoms with E-state index in [0.29, 0.717) is 0 Å². The predicted octanol–water partition coefficient (Wildman–Crippen LogP) is 3.13. The summed E-state index contributed by atoms with van der Waals surface area (Å²) in [7, 11) is 0. The first-order valence-electron chi connectivity index (χ1n) is 6.01. The van der Waals surface area contributed by atoms with Gasteiger partial charge in [-0.2, -0.15) is 13.2 Å². The first-order chi connectivity index (χ1) is 9.28. The Morgan fingerprint density at radius 3 is 2.65 bits per heavy atom. The van der Waals surface area contributed by atoms with Crippen molar-refractivity contribution in [2.75, 3.05) is 13.1 Å². The van der Waals surface area contributed by atoms with Gasteiger partial charge in [0.05, 0.1) is 5.02 Å². The molecular weight excluding hydrogens is 298 g/mol. The molecule has 1 aliphatic heterocycles. The number of rotatable bonds is 3. The molecule has 0 aromatic heterocycles. The molecule has 1 saturated heterocycles. The highest BCUT2D eigenvalue weighted by Gasteiger charge is 2.60. The van der Waals surface area contributed by atoms with Crippen molar-refractivity contribution in [3.63, 3.8) is 0 Å². The van der Waals surface area contributed by atoms with Crippen molar-refractivity contribution in [1.29, 1.82) is 0 Å². The lowest BCUT2D eigenvalue weighted by Crippen LogP contribution is -2.47. The maximum absolute atomic E-state index is 13.7. The van der Waals surface area contributed by atoms with Crippen molar-refractivity contribution in [1.82, 2.24) is 5.32 Å². The third kappa shape index (κ3) is 2.54. The molecule has 0 radical (unpaired) electrons. The van der Waals surface area contributed by atoms with Crippen LogP contribution in [0, 0.1) is 11.2 Å². The van der Waals surface area contributed by atoms with E-state index < -0.39 is 36.2 Å². The third-order valence-electron chi connectivity index (χ3n) is 3.61. The van der Waals surface area contributed by atoms with Crippen LogP contribution in [0.3, 0.4) is 0 Å². The fraction of sp³-hybridized carbons (Fsp3) is 0.462. The first kappa shape index (κ1) is 15.3. The van der Waals surface area contributed by atoms with E-state index in [4.69, 9.17) is 11.6 Å². The maximum Gasteiger partial charge on any atom is 0.402 e. The lowest BCUT2D eigenvalue weighted by molar-refractivity contribution is -0.214. The fourth-order valence-electron chi connectivity index (χ4n) is 2.36. The Kier molecular flexibility index (Phi) is 4.07. The zero-order valence-corrected chi connectivity index (χ0v) is 11.1. The normalized spacial score (nSPS) is 23.1. The second-order valence-electron chi connectivity index (χ2n) is 4.82. The Morgan fingerprint density at radius 1 is 1.40 bits per heavy atom. The minimum absolute atomic E-state index is 0.113. The Hall–Kier alpha value is -1.14. The minimum Gasteiger partial charge on any atom is -0.315 e. The van der Waals surface area contributed by atoms with Crippen molar-refractivity contribution in [2.24, 2.45) is 5.41 Å². The molecule has 1 aromatic carbocycles. The van der Waals surface area contributed by atoms with Gasteiger partial charge in [0, 0.05) is 13.0 Å². The van der Waals surface area contributed by atoms with Gasteiger partial charge in [0.25, 0.3) is 0 Å². The van der Waals surface area contributed by atoms with Gasteiger partial charge < -0.3 is 5.32 Å². The second kappa shape index (κ2) is 5.33. The molecular formula is C13H12ClF4NO. The average Bonchev–Trinajstić information content (AvgIpc) is 2.85. The van der Waals surface area contributed by atoms with Crippen LogP contribution in [0.15, 0.2) is 18.2 Å². The quantitative estimate of drug-likeness (QED) is 0.869. The topological polar surface area (TPSA) is 29.1 Å². The van der Waals surface area contributed by atoms with E-state index >= 15 is 0 Å². The number of benzene rings is 1. The molecule has 110 valence electrons. The van der Waals surface area contributed by atoms with E-state index in [9.17, 15) is 22.4 Å².